The van der Waals surface area contributed by atoms with E-state index in [9.17, 15) is 0 Å². The highest BCUT2D eigenvalue weighted by molar-refractivity contribution is 6.67. The third-order valence-electron chi connectivity index (χ3n) is 3.26. The lowest BCUT2D eigenvalue weighted by atomic mass is 10.1. The first kappa shape index (κ1) is 17.1. The maximum absolute atomic E-state index is 5.96. The normalized spacial score (nSPS) is 12.0. The second kappa shape index (κ2) is 11.2. The molecular formula is C14H32O2Si. The minimum absolute atomic E-state index is 0.801. The van der Waals surface area contributed by atoms with E-state index in [4.69, 9.17) is 8.85 Å². The molecule has 0 N–H and O–H groups in total. The standard InChI is InChI=1S/C14H32O2Si/c1-5-9-10-11-12-13-14-17(8-4,15-6-2)16-7-3/h5-14H2,1-4H3. The van der Waals surface area contributed by atoms with E-state index < -0.39 is 8.56 Å². The molecule has 0 aromatic heterocycles. The Kier molecular flexibility index (Phi) is 11.3. The molecule has 0 aromatic carbocycles. The molecule has 0 unspecified atom stereocenters. The zero-order chi connectivity index (χ0) is 13.0. The second-order valence-corrected chi connectivity index (χ2v) is 8.25. The van der Waals surface area contributed by atoms with E-state index in [2.05, 4.69) is 27.7 Å². The predicted octanol–water partition coefficient (Wildman–Crippen LogP) is 4.88. The van der Waals surface area contributed by atoms with Crippen molar-refractivity contribution in [2.75, 3.05) is 13.2 Å². The predicted molar refractivity (Wildman–Crippen MR) is 77.7 cm³/mol. The minimum atomic E-state index is -1.84. The van der Waals surface area contributed by atoms with Gasteiger partial charge in [0.25, 0.3) is 0 Å². The van der Waals surface area contributed by atoms with Crippen LogP contribution in [0.1, 0.15) is 66.2 Å². The van der Waals surface area contributed by atoms with Crippen LogP contribution < -0.4 is 0 Å². The molecule has 2 nitrogen and oxygen atoms in total. The molecule has 0 rings (SSSR count). The molecule has 0 saturated carbocycles. The zero-order valence-electron chi connectivity index (χ0n) is 12.4. The molecule has 0 fully saturated rings. The van der Waals surface area contributed by atoms with Gasteiger partial charge in [-0.05, 0) is 25.9 Å². The molecule has 0 aliphatic rings. The van der Waals surface area contributed by atoms with Crippen LogP contribution >= 0.6 is 0 Å². The highest BCUT2D eigenvalue weighted by atomic mass is 28.4. The maximum atomic E-state index is 5.96. The first-order valence-electron chi connectivity index (χ1n) is 7.52. The van der Waals surface area contributed by atoms with Crippen LogP contribution in [0.3, 0.4) is 0 Å². The average Bonchev–Trinajstić information content (AvgIpc) is 2.34. The van der Waals surface area contributed by atoms with E-state index in [1.54, 1.807) is 0 Å². The van der Waals surface area contributed by atoms with Crippen LogP contribution in [0.4, 0.5) is 0 Å². The topological polar surface area (TPSA) is 18.5 Å². The van der Waals surface area contributed by atoms with E-state index in [1.807, 2.05) is 0 Å². The van der Waals surface area contributed by atoms with Crippen molar-refractivity contribution in [2.45, 2.75) is 78.3 Å². The summed E-state index contributed by atoms with van der Waals surface area (Å²) in [5, 5.41) is 0. The van der Waals surface area contributed by atoms with Gasteiger partial charge >= 0.3 is 8.56 Å². The summed E-state index contributed by atoms with van der Waals surface area (Å²) in [6, 6.07) is 2.26. The van der Waals surface area contributed by atoms with Crippen LogP contribution in [0.5, 0.6) is 0 Å². The van der Waals surface area contributed by atoms with Gasteiger partial charge in [-0.25, -0.2) is 0 Å². The first-order valence-corrected chi connectivity index (χ1v) is 9.75. The van der Waals surface area contributed by atoms with Crippen LogP contribution in [0.15, 0.2) is 0 Å². The summed E-state index contributed by atoms with van der Waals surface area (Å²) in [6.07, 6.45) is 8.10. The molecule has 104 valence electrons. The number of unbranched alkanes of at least 4 members (excludes halogenated alkanes) is 5. The monoisotopic (exact) mass is 260 g/mol. The van der Waals surface area contributed by atoms with E-state index >= 15 is 0 Å². The molecule has 0 bridgehead atoms. The van der Waals surface area contributed by atoms with Gasteiger partial charge < -0.3 is 8.85 Å². The third kappa shape index (κ3) is 7.95. The Balaban J connectivity index is 3.82. The SMILES string of the molecule is CCCCCCCC[Si](CC)(OCC)OCC. The number of hydrogen-bond donors (Lipinski definition) is 0. The van der Waals surface area contributed by atoms with Gasteiger partial charge in [0.15, 0.2) is 0 Å². The fraction of sp³-hybridized carbons (Fsp3) is 1.00. The molecule has 0 spiro atoms. The Morgan fingerprint density at radius 1 is 0.706 bits per heavy atom. The van der Waals surface area contributed by atoms with Gasteiger partial charge in [-0.3, -0.25) is 0 Å². The number of hydrogen-bond acceptors (Lipinski definition) is 2. The Hall–Kier alpha value is 0.137. The van der Waals surface area contributed by atoms with Crippen molar-refractivity contribution < 1.29 is 8.85 Å². The van der Waals surface area contributed by atoms with Crippen molar-refractivity contribution in [1.29, 1.82) is 0 Å². The highest BCUT2D eigenvalue weighted by Gasteiger charge is 2.33. The van der Waals surface area contributed by atoms with E-state index in [1.165, 1.54) is 44.6 Å². The first-order chi connectivity index (χ1) is 8.24. The highest BCUT2D eigenvalue weighted by Crippen LogP contribution is 2.22. The maximum Gasteiger partial charge on any atom is 0.337 e. The van der Waals surface area contributed by atoms with Gasteiger partial charge in [-0.2, -0.15) is 0 Å². The summed E-state index contributed by atoms with van der Waals surface area (Å²) in [5.74, 6) is 0. The Morgan fingerprint density at radius 2 is 1.24 bits per heavy atom. The Labute approximate surface area is 109 Å². The summed E-state index contributed by atoms with van der Waals surface area (Å²) in [5.41, 5.74) is 0. The molecule has 3 heteroatoms. The van der Waals surface area contributed by atoms with Gasteiger partial charge in [0.2, 0.25) is 0 Å². The molecule has 0 amide bonds. The van der Waals surface area contributed by atoms with Crippen LogP contribution in [-0.2, 0) is 8.85 Å². The summed E-state index contributed by atoms with van der Waals surface area (Å²) in [7, 11) is -1.84. The Bertz CT molecular complexity index is 156. The number of rotatable bonds is 12. The quantitative estimate of drug-likeness (QED) is 0.368. The molecule has 0 heterocycles. The second-order valence-electron chi connectivity index (χ2n) is 4.65. The van der Waals surface area contributed by atoms with Crippen molar-refractivity contribution in [3.63, 3.8) is 0 Å². The molecule has 0 saturated heterocycles. The zero-order valence-corrected chi connectivity index (χ0v) is 13.4. The Morgan fingerprint density at radius 3 is 1.71 bits per heavy atom. The van der Waals surface area contributed by atoms with Crippen LogP contribution in [0.25, 0.3) is 0 Å². The van der Waals surface area contributed by atoms with Crippen LogP contribution in [0.2, 0.25) is 12.1 Å². The lowest BCUT2D eigenvalue weighted by Crippen LogP contribution is -2.41. The van der Waals surface area contributed by atoms with Gasteiger partial charge in [0.05, 0.1) is 0 Å². The lowest BCUT2D eigenvalue weighted by Gasteiger charge is -2.28. The molecule has 0 atom stereocenters. The lowest BCUT2D eigenvalue weighted by molar-refractivity contribution is 0.182. The summed E-state index contributed by atoms with van der Waals surface area (Å²) < 4.78 is 11.9. The van der Waals surface area contributed by atoms with E-state index in [-0.39, 0.29) is 0 Å². The van der Waals surface area contributed by atoms with Crippen LogP contribution in [-0.4, -0.2) is 21.8 Å². The smallest absolute Gasteiger partial charge is 0.337 e. The molecular weight excluding hydrogens is 228 g/mol. The average molecular weight is 260 g/mol. The van der Waals surface area contributed by atoms with Crippen molar-refractivity contribution in [2.24, 2.45) is 0 Å². The molecule has 0 aromatic rings. The fourth-order valence-electron chi connectivity index (χ4n) is 2.27. The molecule has 0 aliphatic heterocycles. The van der Waals surface area contributed by atoms with E-state index in [0.717, 1.165) is 19.3 Å². The van der Waals surface area contributed by atoms with E-state index in [0.29, 0.717) is 0 Å². The van der Waals surface area contributed by atoms with Crippen LogP contribution in [0, 0.1) is 0 Å². The van der Waals surface area contributed by atoms with Crippen molar-refractivity contribution in [3.05, 3.63) is 0 Å². The molecule has 17 heavy (non-hydrogen) atoms. The summed E-state index contributed by atoms with van der Waals surface area (Å²) in [4.78, 5) is 0. The molecule has 0 aliphatic carbocycles. The van der Waals surface area contributed by atoms with Gasteiger partial charge in [-0.15, -0.1) is 0 Å². The third-order valence-corrected chi connectivity index (χ3v) is 7.09. The van der Waals surface area contributed by atoms with Crippen molar-refractivity contribution in [1.82, 2.24) is 0 Å². The van der Waals surface area contributed by atoms with Gasteiger partial charge in [0, 0.05) is 13.2 Å². The molecule has 0 radical (unpaired) electrons. The van der Waals surface area contributed by atoms with Crippen molar-refractivity contribution in [3.8, 4) is 0 Å². The van der Waals surface area contributed by atoms with Crippen molar-refractivity contribution >= 4 is 8.56 Å². The van der Waals surface area contributed by atoms with Gasteiger partial charge in [-0.1, -0.05) is 52.4 Å². The summed E-state index contributed by atoms with van der Waals surface area (Å²) >= 11 is 0. The largest absolute Gasteiger partial charge is 0.394 e. The van der Waals surface area contributed by atoms with Gasteiger partial charge in [0.1, 0.15) is 0 Å². The fourth-order valence-corrected chi connectivity index (χ4v) is 5.24. The minimum Gasteiger partial charge on any atom is -0.394 e. The summed E-state index contributed by atoms with van der Waals surface area (Å²) in [6.45, 7) is 10.2.